The fourth-order valence-electron chi connectivity index (χ4n) is 2.94. The lowest BCUT2D eigenvalue weighted by atomic mass is 10.2. The summed E-state index contributed by atoms with van der Waals surface area (Å²) in [6.07, 6.45) is 0. The molecule has 1 fully saturated rings. The summed E-state index contributed by atoms with van der Waals surface area (Å²) in [5.41, 5.74) is 4.93. The predicted molar refractivity (Wildman–Crippen MR) is 113 cm³/mol. The molecule has 3 rings (SSSR count). The highest BCUT2D eigenvalue weighted by Crippen LogP contribution is 2.40. The number of hydrogen-bond donors (Lipinski definition) is 0. The Kier molecular flexibility index (Phi) is 5.46. The molecule has 122 valence electrons. The molecular weight excluding hydrogens is 552 g/mol. The molecule has 0 spiro atoms. The van der Waals surface area contributed by atoms with Gasteiger partial charge in [-0.05, 0) is 113 Å². The van der Waals surface area contributed by atoms with Crippen LogP contribution in [0.2, 0.25) is 0 Å². The van der Waals surface area contributed by atoms with E-state index in [0.29, 0.717) is 0 Å². The van der Waals surface area contributed by atoms with Crippen molar-refractivity contribution in [3.63, 3.8) is 0 Å². The monoisotopic (exact) mass is 564 g/mol. The first-order valence-corrected chi connectivity index (χ1v) is 10.4. The van der Waals surface area contributed by atoms with E-state index in [0.717, 1.165) is 37.6 Å². The van der Waals surface area contributed by atoms with Crippen LogP contribution in [0.4, 0.5) is 11.4 Å². The van der Waals surface area contributed by atoms with E-state index in [-0.39, 0.29) is 0 Å². The largest absolute Gasteiger partial charge is 0.350 e. The molecule has 0 amide bonds. The van der Waals surface area contributed by atoms with Crippen molar-refractivity contribution >= 4 is 75.1 Å². The van der Waals surface area contributed by atoms with Crippen LogP contribution in [0.15, 0.2) is 42.2 Å². The van der Waals surface area contributed by atoms with E-state index in [9.17, 15) is 0 Å². The number of nitrogens with zero attached hydrogens (tertiary/aromatic N) is 2. The summed E-state index contributed by atoms with van der Waals surface area (Å²) in [4.78, 5) is 4.79. The Morgan fingerprint density at radius 2 is 0.957 bits per heavy atom. The minimum atomic E-state index is 0.862. The van der Waals surface area contributed by atoms with Crippen LogP contribution in [0, 0.1) is 13.8 Å². The van der Waals surface area contributed by atoms with Gasteiger partial charge in [0.05, 0.1) is 18.0 Å². The minimum Gasteiger partial charge on any atom is -0.350 e. The molecule has 2 aromatic rings. The first-order valence-electron chi connectivity index (χ1n) is 7.28. The summed E-state index contributed by atoms with van der Waals surface area (Å²) in [6.45, 7) is 7.06. The van der Waals surface area contributed by atoms with Crippen molar-refractivity contribution in [3.05, 3.63) is 53.3 Å². The summed E-state index contributed by atoms with van der Waals surface area (Å²) in [5, 5.41) is 0. The van der Waals surface area contributed by atoms with Crippen molar-refractivity contribution in [2.24, 2.45) is 0 Å². The van der Waals surface area contributed by atoms with Crippen molar-refractivity contribution in [2.45, 2.75) is 13.8 Å². The second-order valence-corrected chi connectivity index (χ2v) is 9.24. The third-order valence-corrected chi connectivity index (χ3v) is 6.35. The quantitative estimate of drug-likeness (QED) is 0.402. The molecule has 0 aromatic heterocycles. The number of halogens is 4. The van der Waals surface area contributed by atoms with E-state index in [4.69, 9.17) is 0 Å². The van der Waals surface area contributed by atoms with Gasteiger partial charge in [-0.25, -0.2) is 0 Å². The van der Waals surface area contributed by atoms with Crippen LogP contribution >= 0.6 is 63.7 Å². The Labute approximate surface area is 170 Å². The van der Waals surface area contributed by atoms with Gasteiger partial charge in [-0.2, -0.15) is 0 Å². The number of aryl methyl sites for hydroxylation is 2. The Bertz CT molecular complexity index is 651. The molecule has 6 heteroatoms. The maximum absolute atomic E-state index is 3.71. The van der Waals surface area contributed by atoms with Crippen LogP contribution in [0.25, 0.3) is 0 Å². The summed E-state index contributed by atoms with van der Waals surface area (Å²) in [6, 6.07) is 8.67. The molecule has 0 N–H and O–H groups in total. The van der Waals surface area contributed by atoms with Crippen LogP contribution < -0.4 is 9.80 Å². The first-order chi connectivity index (χ1) is 10.9. The van der Waals surface area contributed by atoms with Crippen molar-refractivity contribution < 1.29 is 0 Å². The Balaban J connectivity index is 1.91. The van der Waals surface area contributed by atoms with E-state index in [1.807, 2.05) is 0 Å². The molecule has 2 aromatic carbocycles. The molecule has 1 heterocycles. The Morgan fingerprint density at radius 3 is 1.26 bits per heavy atom. The molecular formula is C17H16Br4N2. The smallest absolute Gasteiger partial charge is 0.0905 e. The number of hydrogen-bond acceptors (Lipinski definition) is 2. The molecule has 1 saturated heterocycles. The van der Waals surface area contributed by atoms with Crippen LogP contribution in [0.3, 0.4) is 0 Å². The number of anilines is 2. The van der Waals surface area contributed by atoms with E-state index in [1.165, 1.54) is 22.5 Å². The van der Waals surface area contributed by atoms with Gasteiger partial charge < -0.3 is 9.80 Å². The van der Waals surface area contributed by atoms with Gasteiger partial charge >= 0.3 is 0 Å². The molecule has 0 atom stereocenters. The average molecular weight is 568 g/mol. The SMILES string of the molecule is Cc1cc(Br)c(N2CCN(c3c(Br)cc(C)cc3Br)C2)c(Br)c1. The van der Waals surface area contributed by atoms with Gasteiger partial charge in [0, 0.05) is 31.0 Å². The third kappa shape index (κ3) is 3.65. The van der Waals surface area contributed by atoms with Gasteiger partial charge in [-0.15, -0.1) is 0 Å². The number of benzene rings is 2. The highest BCUT2D eigenvalue weighted by molar-refractivity contribution is 9.11. The summed E-state index contributed by atoms with van der Waals surface area (Å²) in [5.74, 6) is 0. The second-order valence-electron chi connectivity index (χ2n) is 5.82. The maximum Gasteiger partial charge on any atom is 0.0905 e. The molecule has 0 radical (unpaired) electrons. The van der Waals surface area contributed by atoms with Crippen LogP contribution in [0.1, 0.15) is 11.1 Å². The highest BCUT2D eigenvalue weighted by Gasteiger charge is 2.26. The molecule has 2 nitrogen and oxygen atoms in total. The number of rotatable bonds is 2. The lowest BCUT2D eigenvalue weighted by Gasteiger charge is -2.25. The first kappa shape index (κ1) is 17.8. The molecule has 1 aliphatic rings. The van der Waals surface area contributed by atoms with Gasteiger partial charge in [0.25, 0.3) is 0 Å². The zero-order chi connectivity index (χ0) is 16.7. The molecule has 0 saturated carbocycles. The zero-order valence-electron chi connectivity index (χ0n) is 12.8. The lowest BCUT2D eigenvalue weighted by Crippen LogP contribution is -2.26. The van der Waals surface area contributed by atoms with Gasteiger partial charge in [-0.1, -0.05) is 0 Å². The lowest BCUT2D eigenvalue weighted by molar-refractivity contribution is 0.939. The summed E-state index contributed by atoms with van der Waals surface area (Å²) >= 11 is 14.9. The van der Waals surface area contributed by atoms with Gasteiger partial charge in [0.2, 0.25) is 0 Å². The summed E-state index contributed by atoms with van der Waals surface area (Å²) in [7, 11) is 0. The maximum atomic E-state index is 3.71. The van der Waals surface area contributed by atoms with E-state index in [2.05, 4.69) is 112 Å². The van der Waals surface area contributed by atoms with Gasteiger partial charge in [0.15, 0.2) is 0 Å². The fourth-order valence-corrected chi connectivity index (χ4v) is 6.78. The van der Waals surface area contributed by atoms with Gasteiger partial charge in [-0.3, -0.25) is 0 Å². The highest BCUT2D eigenvalue weighted by atomic mass is 79.9. The van der Waals surface area contributed by atoms with Crippen molar-refractivity contribution in [1.29, 1.82) is 0 Å². The van der Waals surface area contributed by atoms with Crippen molar-refractivity contribution in [2.75, 3.05) is 29.6 Å². The summed E-state index contributed by atoms with van der Waals surface area (Å²) < 4.78 is 4.53. The van der Waals surface area contributed by atoms with E-state index >= 15 is 0 Å². The van der Waals surface area contributed by atoms with Crippen molar-refractivity contribution in [1.82, 2.24) is 0 Å². The van der Waals surface area contributed by atoms with Crippen LogP contribution in [-0.2, 0) is 0 Å². The molecule has 23 heavy (non-hydrogen) atoms. The van der Waals surface area contributed by atoms with Crippen LogP contribution in [-0.4, -0.2) is 19.8 Å². The second kappa shape index (κ2) is 7.06. The topological polar surface area (TPSA) is 6.48 Å². The molecule has 1 aliphatic heterocycles. The zero-order valence-corrected chi connectivity index (χ0v) is 19.2. The third-order valence-electron chi connectivity index (χ3n) is 3.94. The average Bonchev–Trinajstić information content (AvgIpc) is 2.85. The standard InChI is InChI=1S/C17H16Br4N2/c1-10-5-12(18)16(13(19)6-10)22-3-4-23(9-22)17-14(20)7-11(2)8-15(17)21/h5-8H,3-4,9H2,1-2H3. The Hall–Kier alpha value is -0.0400. The van der Waals surface area contributed by atoms with Crippen molar-refractivity contribution in [3.8, 4) is 0 Å². The van der Waals surface area contributed by atoms with Gasteiger partial charge in [0.1, 0.15) is 0 Å². The predicted octanol–water partition coefficient (Wildman–Crippen LogP) is 6.64. The van der Waals surface area contributed by atoms with Crippen LogP contribution in [0.5, 0.6) is 0 Å². The minimum absolute atomic E-state index is 0.862. The van der Waals surface area contributed by atoms with E-state index < -0.39 is 0 Å². The molecule has 0 bridgehead atoms. The molecule has 0 aliphatic carbocycles. The molecule has 0 unspecified atom stereocenters. The Morgan fingerprint density at radius 1 is 0.652 bits per heavy atom. The fraction of sp³-hybridized carbons (Fsp3) is 0.294. The normalized spacial score (nSPS) is 14.7. The van der Waals surface area contributed by atoms with E-state index in [1.54, 1.807) is 0 Å².